The van der Waals surface area contributed by atoms with E-state index in [1.807, 2.05) is 0 Å². The normalized spacial score (nSPS) is 24.8. The molecule has 2 saturated heterocycles. The summed E-state index contributed by atoms with van der Waals surface area (Å²) < 4.78 is 34.4. The molecule has 0 aromatic rings. The second-order valence-electron chi connectivity index (χ2n) is 21.9. The molecule has 11 unspecified atom stereocenters. The standard InChI is InChI=1S/C59H114O14/c1-3-5-7-9-11-13-15-17-19-20-21-22-23-24-25-26-27-28-30-32-34-36-38-40-42-51(61)71-48(45-68-43-41-39-37-35-33-31-29-18-16-14-12-10-8-6-4-2)46-69-58-57(67)55(65)53(63)50(73-58)47-70-59-56(66)54(64)52(62)49(44-60)72-59/h48-50,52-60,62-67H,3-47H2,1-2H3. The molecule has 0 radical (unpaired) electrons. The van der Waals surface area contributed by atoms with Gasteiger partial charge in [0, 0.05) is 13.0 Å². The van der Waals surface area contributed by atoms with Crippen molar-refractivity contribution < 1.29 is 69.0 Å². The molecule has 0 aliphatic carbocycles. The number of ether oxygens (including phenoxy) is 6. The fourth-order valence-corrected chi connectivity index (χ4v) is 10.2. The minimum atomic E-state index is -1.70. The van der Waals surface area contributed by atoms with Crippen molar-refractivity contribution in [2.75, 3.05) is 33.0 Å². The Bertz CT molecular complexity index is 1210. The van der Waals surface area contributed by atoms with E-state index in [1.54, 1.807) is 0 Å². The SMILES string of the molecule is CCCCCCCCCCCCCCCCCCCCCCCCCCC(=O)OC(COCCCCCCCCCCCCCCCCC)COC1OC(COC2OC(CO)C(O)C(O)C2O)C(O)C(O)C1O. The van der Waals surface area contributed by atoms with Gasteiger partial charge >= 0.3 is 5.97 Å². The van der Waals surface area contributed by atoms with Crippen LogP contribution in [0.4, 0.5) is 0 Å². The van der Waals surface area contributed by atoms with E-state index in [4.69, 9.17) is 28.4 Å². The third kappa shape index (κ3) is 33.8. The highest BCUT2D eigenvalue weighted by Gasteiger charge is 2.47. The van der Waals surface area contributed by atoms with Crippen molar-refractivity contribution in [3.8, 4) is 0 Å². The predicted molar refractivity (Wildman–Crippen MR) is 289 cm³/mol. The third-order valence-corrected chi connectivity index (χ3v) is 15.1. The van der Waals surface area contributed by atoms with Crippen LogP contribution in [0, 0.1) is 0 Å². The third-order valence-electron chi connectivity index (χ3n) is 15.1. The highest BCUT2D eigenvalue weighted by atomic mass is 16.7. The number of esters is 1. The molecule has 2 aliphatic rings. The Morgan fingerprint density at radius 1 is 0.397 bits per heavy atom. The zero-order chi connectivity index (χ0) is 53.0. The molecule has 0 bridgehead atoms. The van der Waals surface area contributed by atoms with Crippen LogP contribution in [0.25, 0.3) is 0 Å². The van der Waals surface area contributed by atoms with Crippen LogP contribution in [0.15, 0.2) is 0 Å². The van der Waals surface area contributed by atoms with Crippen molar-refractivity contribution >= 4 is 5.97 Å². The summed E-state index contributed by atoms with van der Waals surface area (Å²) in [5, 5.41) is 72.4. The quantitative estimate of drug-likeness (QED) is 0.0223. The second-order valence-corrected chi connectivity index (χ2v) is 21.9. The number of rotatable bonds is 51. The average molecular weight is 1050 g/mol. The molecule has 0 spiro atoms. The van der Waals surface area contributed by atoms with Gasteiger partial charge in [-0.1, -0.05) is 251 Å². The molecule has 7 N–H and O–H groups in total. The molecule has 0 amide bonds. The van der Waals surface area contributed by atoms with Crippen LogP contribution < -0.4 is 0 Å². The van der Waals surface area contributed by atoms with Crippen LogP contribution in [0.3, 0.4) is 0 Å². The highest BCUT2D eigenvalue weighted by molar-refractivity contribution is 5.69. The van der Waals surface area contributed by atoms with Crippen molar-refractivity contribution in [1.29, 1.82) is 0 Å². The summed E-state index contributed by atoms with van der Waals surface area (Å²) in [6.45, 7) is 3.77. The average Bonchev–Trinajstić information content (AvgIpc) is 3.39. The Balaban J connectivity index is 1.66. The van der Waals surface area contributed by atoms with E-state index in [9.17, 15) is 40.5 Å². The summed E-state index contributed by atoms with van der Waals surface area (Å²) in [4.78, 5) is 13.1. The van der Waals surface area contributed by atoms with Crippen LogP contribution in [0.2, 0.25) is 0 Å². The van der Waals surface area contributed by atoms with Crippen LogP contribution in [0.1, 0.15) is 271 Å². The summed E-state index contributed by atoms with van der Waals surface area (Å²) in [5.74, 6) is -0.366. The molecule has 2 rings (SSSR count). The zero-order valence-corrected chi connectivity index (χ0v) is 46.7. The maximum absolute atomic E-state index is 13.1. The second kappa shape index (κ2) is 47.0. The first-order valence-corrected chi connectivity index (χ1v) is 30.6. The summed E-state index contributed by atoms with van der Waals surface area (Å²) in [6, 6.07) is 0. The van der Waals surface area contributed by atoms with Crippen molar-refractivity contribution in [2.45, 2.75) is 338 Å². The molecule has 2 fully saturated rings. The molecule has 14 heteroatoms. The Hall–Kier alpha value is -1.01. The highest BCUT2D eigenvalue weighted by Crippen LogP contribution is 2.27. The Morgan fingerprint density at radius 2 is 0.726 bits per heavy atom. The lowest BCUT2D eigenvalue weighted by Gasteiger charge is -2.42. The number of carbonyl (C=O) groups is 1. The van der Waals surface area contributed by atoms with Crippen molar-refractivity contribution in [3.05, 3.63) is 0 Å². The van der Waals surface area contributed by atoms with E-state index in [-0.39, 0.29) is 25.6 Å². The fraction of sp³-hybridized carbons (Fsp3) is 0.983. The number of aliphatic hydroxyl groups is 7. The van der Waals surface area contributed by atoms with E-state index in [1.165, 1.54) is 205 Å². The Kier molecular flexibility index (Phi) is 43.9. The minimum absolute atomic E-state index is 0.0709. The summed E-state index contributed by atoms with van der Waals surface area (Å²) in [6.07, 6.45) is 34.6. The van der Waals surface area contributed by atoms with Gasteiger partial charge in [0.2, 0.25) is 0 Å². The molecule has 2 heterocycles. The van der Waals surface area contributed by atoms with Crippen LogP contribution in [-0.4, -0.2) is 142 Å². The van der Waals surface area contributed by atoms with Crippen molar-refractivity contribution in [3.63, 3.8) is 0 Å². The summed E-state index contributed by atoms with van der Waals surface area (Å²) in [5.41, 5.74) is 0. The van der Waals surface area contributed by atoms with Crippen molar-refractivity contribution in [2.24, 2.45) is 0 Å². The van der Waals surface area contributed by atoms with Gasteiger partial charge in [-0.3, -0.25) is 4.79 Å². The number of hydrogen-bond acceptors (Lipinski definition) is 14. The summed E-state index contributed by atoms with van der Waals surface area (Å²) >= 11 is 0. The molecule has 73 heavy (non-hydrogen) atoms. The van der Waals surface area contributed by atoms with Gasteiger partial charge in [0.1, 0.15) is 54.9 Å². The lowest BCUT2D eigenvalue weighted by Crippen LogP contribution is -2.61. The lowest BCUT2D eigenvalue weighted by molar-refractivity contribution is -0.332. The molecule has 0 aromatic carbocycles. The molecular weight excluding hydrogens is 933 g/mol. The Morgan fingerprint density at radius 3 is 1.11 bits per heavy atom. The molecule has 11 atom stereocenters. The zero-order valence-electron chi connectivity index (χ0n) is 46.7. The van der Waals surface area contributed by atoms with Gasteiger partial charge in [0.25, 0.3) is 0 Å². The number of unbranched alkanes of at least 4 members (excludes halogenated alkanes) is 37. The first-order valence-electron chi connectivity index (χ1n) is 30.6. The maximum atomic E-state index is 13.1. The monoisotopic (exact) mass is 1050 g/mol. The maximum Gasteiger partial charge on any atom is 0.306 e. The van der Waals surface area contributed by atoms with Crippen LogP contribution in [0.5, 0.6) is 0 Å². The van der Waals surface area contributed by atoms with E-state index in [0.29, 0.717) is 6.61 Å². The van der Waals surface area contributed by atoms with Gasteiger partial charge in [-0.2, -0.15) is 0 Å². The topological polar surface area (TPSA) is 214 Å². The molecule has 14 nitrogen and oxygen atoms in total. The van der Waals surface area contributed by atoms with E-state index >= 15 is 0 Å². The van der Waals surface area contributed by atoms with Gasteiger partial charge in [-0.15, -0.1) is 0 Å². The van der Waals surface area contributed by atoms with Crippen LogP contribution in [-0.2, 0) is 33.2 Å². The number of hydrogen-bond donors (Lipinski definition) is 7. The lowest BCUT2D eigenvalue weighted by atomic mass is 9.98. The number of aliphatic hydroxyl groups excluding tert-OH is 7. The molecule has 434 valence electrons. The number of carbonyl (C=O) groups excluding carboxylic acids is 1. The van der Waals surface area contributed by atoms with Gasteiger partial charge < -0.3 is 64.2 Å². The first-order chi connectivity index (χ1) is 35.6. The van der Waals surface area contributed by atoms with Gasteiger partial charge in [-0.25, -0.2) is 0 Å². The van der Waals surface area contributed by atoms with Gasteiger partial charge in [-0.05, 0) is 12.8 Å². The van der Waals surface area contributed by atoms with Crippen LogP contribution >= 0.6 is 0 Å². The van der Waals surface area contributed by atoms with E-state index in [0.717, 1.165) is 44.9 Å². The first kappa shape index (κ1) is 68.1. The molecular formula is C59H114O14. The largest absolute Gasteiger partial charge is 0.457 e. The van der Waals surface area contributed by atoms with Gasteiger partial charge in [0.15, 0.2) is 12.6 Å². The summed E-state index contributed by atoms with van der Waals surface area (Å²) in [7, 11) is 0. The van der Waals surface area contributed by atoms with E-state index < -0.39 is 80.7 Å². The molecule has 0 aromatic heterocycles. The fourth-order valence-electron chi connectivity index (χ4n) is 10.2. The smallest absolute Gasteiger partial charge is 0.306 e. The molecule has 2 aliphatic heterocycles. The van der Waals surface area contributed by atoms with Crippen molar-refractivity contribution in [1.82, 2.24) is 0 Å². The Labute approximate surface area is 444 Å². The minimum Gasteiger partial charge on any atom is -0.457 e. The molecule has 0 saturated carbocycles. The van der Waals surface area contributed by atoms with E-state index in [2.05, 4.69) is 13.8 Å². The predicted octanol–water partition coefficient (Wildman–Crippen LogP) is 11.2. The van der Waals surface area contributed by atoms with Gasteiger partial charge in [0.05, 0.1) is 26.4 Å².